The zero-order valence-corrected chi connectivity index (χ0v) is 14.1. The maximum Gasteiger partial charge on any atom is 0.205 e. The molecule has 0 amide bonds. The third-order valence-electron chi connectivity index (χ3n) is 4.63. The highest BCUT2D eigenvalue weighted by atomic mass is 19.2. The van der Waals surface area contributed by atoms with Gasteiger partial charge in [0.25, 0.3) is 0 Å². The topological polar surface area (TPSA) is 59.7 Å². The van der Waals surface area contributed by atoms with Gasteiger partial charge in [-0.25, -0.2) is 8.78 Å². The zero-order valence-electron chi connectivity index (χ0n) is 14.1. The molecule has 2 aromatic heterocycles. The first-order valence-corrected chi connectivity index (χ1v) is 8.55. The molecule has 0 N–H and O–H groups in total. The first kappa shape index (κ1) is 16.7. The van der Waals surface area contributed by atoms with Crippen molar-refractivity contribution in [1.82, 2.24) is 30.1 Å². The standard InChI is InChI=1S/C18H18F2N6/c19-16-4-3-13(10-17(16)20)11-25-9-1-2-15(25)12-26-23-18(22-24-26)14-5-7-21-8-6-14/h3-8,10,15H,1-2,9,11-12H2/t15-/m0/s1. The minimum absolute atomic E-state index is 0.239. The van der Waals surface area contributed by atoms with Gasteiger partial charge in [-0.15, -0.1) is 10.2 Å². The molecule has 0 saturated carbocycles. The van der Waals surface area contributed by atoms with E-state index in [2.05, 4.69) is 25.3 Å². The summed E-state index contributed by atoms with van der Waals surface area (Å²) in [6.07, 6.45) is 5.45. The van der Waals surface area contributed by atoms with Crippen LogP contribution < -0.4 is 0 Å². The Labute approximate surface area is 149 Å². The van der Waals surface area contributed by atoms with Crippen LogP contribution in [0.1, 0.15) is 18.4 Å². The van der Waals surface area contributed by atoms with Gasteiger partial charge in [-0.2, -0.15) is 4.80 Å². The average molecular weight is 356 g/mol. The molecule has 6 nitrogen and oxygen atoms in total. The Morgan fingerprint density at radius 3 is 2.73 bits per heavy atom. The zero-order chi connectivity index (χ0) is 17.9. The van der Waals surface area contributed by atoms with Gasteiger partial charge >= 0.3 is 0 Å². The molecular formula is C18H18F2N6. The summed E-state index contributed by atoms with van der Waals surface area (Å²) in [5.41, 5.74) is 1.64. The average Bonchev–Trinajstić information content (AvgIpc) is 3.29. The summed E-state index contributed by atoms with van der Waals surface area (Å²) in [4.78, 5) is 7.84. The van der Waals surface area contributed by atoms with Crippen LogP contribution in [-0.2, 0) is 13.1 Å². The van der Waals surface area contributed by atoms with E-state index in [-0.39, 0.29) is 6.04 Å². The molecule has 1 aliphatic rings. The largest absolute Gasteiger partial charge is 0.294 e. The molecule has 1 saturated heterocycles. The van der Waals surface area contributed by atoms with Crippen molar-refractivity contribution >= 4 is 0 Å². The maximum absolute atomic E-state index is 13.4. The minimum atomic E-state index is -0.817. The van der Waals surface area contributed by atoms with Crippen molar-refractivity contribution in [3.05, 3.63) is 59.9 Å². The summed E-state index contributed by atoms with van der Waals surface area (Å²) >= 11 is 0. The molecule has 1 aromatic carbocycles. The molecule has 4 rings (SSSR count). The fraction of sp³-hybridized carbons (Fsp3) is 0.333. The van der Waals surface area contributed by atoms with Crippen molar-refractivity contribution in [2.45, 2.75) is 32.0 Å². The summed E-state index contributed by atoms with van der Waals surface area (Å²) in [5, 5.41) is 12.7. The Morgan fingerprint density at radius 2 is 1.92 bits per heavy atom. The third-order valence-corrected chi connectivity index (χ3v) is 4.63. The van der Waals surface area contributed by atoms with Gasteiger partial charge in [-0.3, -0.25) is 9.88 Å². The molecular weight excluding hydrogens is 338 g/mol. The Kier molecular flexibility index (Phi) is 4.66. The monoisotopic (exact) mass is 356 g/mol. The van der Waals surface area contributed by atoms with Gasteiger partial charge < -0.3 is 0 Å². The molecule has 134 valence electrons. The van der Waals surface area contributed by atoms with Crippen molar-refractivity contribution in [3.8, 4) is 11.4 Å². The SMILES string of the molecule is Fc1ccc(CN2CCC[C@H]2Cn2nnc(-c3ccncc3)n2)cc1F. The highest BCUT2D eigenvalue weighted by Crippen LogP contribution is 2.22. The Morgan fingerprint density at radius 1 is 1.08 bits per heavy atom. The van der Waals surface area contributed by atoms with E-state index >= 15 is 0 Å². The van der Waals surface area contributed by atoms with Crippen molar-refractivity contribution in [1.29, 1.82) is 0 Å². The number of nitrogens with zero attached hydrogens (tertiary/aromatic N) is 6. The van der Waals surface area contributed by atoms with Crippen molar-refractivity contribution in [2.24, 2.45) is 0 Å². The van der Waals surface area contributed by atoms with E-state index in [1.165, 1.54) is 12.1 Å². The fourth-order valence-electron chi connectivity index (χ4n) is 3.31. The summed E-state index contributed by atoms with van der Waals surface area (Å²) in [6.45, 7) is 2.10. The molecule has 0 bridgehead atoms. The molecule has 1 atom stereocenters. The number of hydrogen-bond donors (Lipinski definition) is 0. The maximum atomic E-state index is 13.4. The van der Waals surface area contributed by atoms with Gasteiger partial charge in [0.15, 0.2) is 11.6 Å². The number of benzene rings is 1. The van der Waals surface area contributed by atoms with E-state index in [0.717, 1.165) is 30.5 Å². The summed E-state index contributed by atoms with van der Waals surface area (Å²) in [5.74, 6) is -1.06. The molecule has 1 aliphatic heterocycles. The smallest absolute Gasteiger partial charge is 0.205 e. The van der Waals surface area contributed by atoms with Crippen LogP contribution in [-0.4, -0.2) is 42.7 Å². The number of rotatable bonds is 5. The second-order valence-corrected chi connectivity index (χ2v) is 6.42. The first-order chi connectivity index (χ1) is 12.7. The van der Waals surface area contributed by atoms with Crippen LogP contribution in [0.3, 0.4) is 0 Å². The molecule has 26 heavy (non-hydrogen) atoms. The Balaban J connectivity index is 1.44. The van der Waals surface area contributed by atoms with E-state index in [0.29, 0.717) is 18.9 Å². The summed E-state index contributed by atoms with van der Waals surface area (Å²) < 4.78 is 26.5. The first-order valence-electron chi connectivity index (χ1n) is 8.55. The van der Waals surface area contributed by atoms with Crippen molar-refractivity contribution in [3.63, 3.8) is 0 Å². The highest BCUT2D eigenvalue weighted by Gasteiger charge is 2.26. The second-order valence-electron chi connectivity index (χ2n) is 6.42. The van der Waals surface area contributed by atoms with E-state index < -0.39 is 11.6 Å². The van der Waals surface area contributed by atoms with Crippen LogP contribution in [0.5, 0.6) is 0 Å². The lowest BCUT2D eigenvalue weighted by atomic mass is 10.1. The number of pyridine rings is 1. The minimum Gasteiger partial charge on any atom is -0.294 e. The number of aromatic nitrogens is 5. The van der Waals surface area contributed by atoms with Crippen LogP contribution in [0.25, 0.3) is 11.4 Å². The van der Waals surface area contributed by atoms with Crippen LogP contribution in [0.2, 0.25) is 0 Å². The van der Waals surface area contributed by atoms with Crippen LogP contribution >= 0.6 is 0 Å². The number of halogens is 2. The van der Waals surface area contributed by atoms with Gasteiger partial charge in [0.05, 0.1) is 6.54 Å². The normalized spacial score (nSPS) is 17.7. The Hall–Kier alpha value is -2.74. The molecule has 3 aromatic rings. The lowest BCUT2D eigenvalue weighted by Crippen LogP contribution is -2.33. The summed E-state index contributed by atoms with van der Waals surface area (Å²) in [7, 11) is 0. The number of likely N-dealkylation sites (tertiary alicyclic amines) is 1. The molecule has 0 spiro atoms. The predicted molar refractivity (Wildman–Crippen MR) is 90.8 cm³/mol. The van der Waals surface area contributed by atoms with E-state index in [1.54, 1.807) is 23.3 Å². The van der Waals surface area contributed by atoms with Crippen LogP contribution in [0.4, 0.5) is 8.78 Å². The van der Waals surface area contributed by atoms with Crippen molar-refractivity contribution < 1.29 is 8.78 Å². The van der Waals surface area contributed by atoms with Gasteiger partial charge in [-0.05, 0) is 54.4 Å². The van der Waals surface area contributed by atoms with E-state index in [4.69, 9.17) is 0 Å². The molecule has 3 heterocycles. The predicted octanol–water partition coefficient (Wildman–Crippen LogP) is 2.68. The van der Waals surface area contributed by atoms with E-state index in [1.807, 2.05) is 12.1 Å². The van der Waals surface area contributed by atoms with Gasteiger partial charge in [0.1, 0.15) is 0 Å². The lowest BCUT2D eigenvalue weighted by molar-refractivity contribution is 0.211. The van der Waals surface area contributed by atoms with E-state index in [9.17, 15) is 8.78 Å². The third kappa shape index (κ3) is 3.60. The van der Waals surface area contributed by atoms with Gasteiger partial charge in [0, 0.05) is 30.5 Å². The highest BCUT2D eigenvalue weighted by molar-refractivity contribution is 5.51. The van der Waals surface area contributed by atoms with Crippen LogP contribution in [0.15, 0.2) is 42.7 Å². The quantitative estimate of drug-likeness (QED) is 0.703. The molecule has 1 fully saturated rings. The molecule has 8 heteroatoms. The fourth-order valence-corrected chi connectivity index (χ4v) is 3.31. The van der Waals surface area contributed by atoms with Gasteiger partial charge in [0.2, 0.25) is 5.82 Å². The number of hydrogen-bond acceptors (Lipinski definition) is 5. The number of tetrazole rings is 1. The lowest BCUT2D eigenvalue weighted by Gasteiger charge is -2.23. The molecule has 0 unspecified atom stereocenters. The van der Waals surface area contributed by atoms with Crippen molar-refractivity contribution in [2.75, 3.05) is 6.54 Å². The second kappa shape index (κ2) is 7.25. The Bertz CT molecular complexity index is 882. The van der Waals surface area contributed by atoms with Gasteiger partial charge in [-0.1, -0.05) is 6.07 Å². The molecule has 0 aliphatic carbocycles. The summed E-state index contributed by atoms with van der Waals surface area (Å²) in [6, 6.07) is 7.99. The molecule has 0 radical (unpaired) electrons. The van der Waals surface area contributed by atoms with Crippen LogP contribution in [0, 0.1) is 11.6 Å².